The highest BCUT2D eigenvalue weighted by molar-refractivity contribution is 7.19. The number of aliphatic carboxylic acids is 1. The number of alkyl halides is 2. The van der Waals surface area contributed by atoms with Crippen molar-refractivity contribution in [3.05, 3.63) is 59.5 Å². The van der Waals surface area contributed by atoms with E-state index in [9.17, 15) is 18.4 Å². The molecule has 0 saturated heterocycles. The lowest BCUT2D eigenvalue weighted by Gasteiger charge is -2.10. The molecule has 156 valence electrons. The van der Waals surface area contributed by atoms with E-state index in [-0.39, 0.29) is 23.0 Å². The van der Waals surface area contributed by atoms with Gasteiger partial charge in [-0.25, -0.2) is 0 Å². The fourth-order valence-corrected chi connectivity index (χ4v) is 4.05. The lowest BCUT2D eigenvalue weighted by Crippen LogP contribution is -2.07. The number of benzene rings is 1. The van der Waals surface area contributed by atoms with Gasteiger partial charge >= 0.3 is 11.9 Å². The Morgan fingerprint density at radius 1 is 1.34 bits per heavy atom. The summed E-state index contributed by atoms with van der Waals surface area (Å²) in [7, 11) is 0. The van der Waals surface area contributed by atoms with Crippen LogP contribution in [-0.4, -0.2) is 16.9 Å². The molecule has 1 fully saturated rings. The molecular weight excluding hydrogens is 394 g/mol. The molecule has 0 radical (unpaired) electrons. The van der Waals surface area contributed by atoms with Crippen LogP contribution in [0.3, 0.4) is 0 Å². The van der Waals surface area contributed by atoms with Gasteiger partial charge in [-0.1, -0.05) is 36.4 Å². The molecule has 1 aliphatic rings. The monoisotopic (exact) mass is 420 g/mol. The maximum Gasteiger partial charge on any atom is 0.303 e. The van der Waals surface area contributed by atoms with Crippen molar-refractivity contribution in [2.45, 2.75) is 51.4 Å². The minimum atomic E-state index is -2.96. The summed E-state index contributed by atoms with van der Waals surface area (Å²) in [6.07, 6.45) is 9.90. The Hall–Kier alpha value is -2.34. The first-order valence-electron chi connectivity index (χ1n) is 9.72. The molecule has 1 saturated carbocycles. The summed E-state index contributed by atoms with van der Waals surface area (Å²) in [5.74, 6) is -3.53. The van der Waals surface area contributed by atoms with E-state index in [0.29, 0.717) is 19.3 Å². The van der Waals surface area contributed by atoms with Crippen molar-refractivity contribution < 1.29 is 23.5 Å². The molecule has 1 heterocycles. The average molecular weight is 421 g/mol. The fourth-order valence-electron chi connectivity index (χ4n) is 3.03. The Labute approximate surface area is 173 Å². The van der Waals surface area contributed by atoms with E-state index in [1.54, 1.807) is 6.07 Å². The second kappa shape index (κ2) is 11.0. The van der Waals surface area contributed by atoms with Gasteiger partial charge < -0.3 is 5.11 Å². The molecular formula is C23H26F2O3S. The van der Waals surface area contributed by atoms with Gasteiger partial charge in [0.1, 0.15) is 5.78 Å². The van der Waals surface area contributed by atoms with Crippen LogP contribution in [0.25, 0.3) is 10.1 Å². The molecule has 6 heteroatoms. The fraction of sp³-hybridized carbons (Fsp3) is 0.391. The number of unbranched alkanes of at least 4 members (excludes halogenated alkanes) is 1. The maximum atomic E-state index is 14.2. The van der Waals surface area contributed by atoms with Crippen LogP contribution >= 0.6 is 11.3 Å². The number of halogens is 2. The number of carbonyl (C=O) groups is 2. The zero-order chi connectivity index (χ0) is 21.3. The molecule has 0 aliphatic heterocycles. The van der Waals surface area contributed by atoms with E-state index in [4.69, 9.17) is 5.11 Å². The summed E-state index contributed by atoms with van der Waals surface area (Å²) in [4.78, 5) is 21.1. The molecule has 1 aromatic heterocycles. The van der Waals surface area contributed by atoms with Crippen LogP contribution in [0.15, 0.2) is 54.6 Å². The highest BCUT2D eigenvalue weighted by Gasteiger charge is 2.31. The van der Waals surface area contributed by atoms with E-state index in [0.717, 1.165) is 40.3 Å². The van der Waals surface area contributed by atoms with Crippen LogP contribution in [0.2, 0.25) is 0 Å². The van der Waals surface area contributed by atoms with E-state index in [1.807, 2.05) is 43.3 Å². The summed E-state index contributed by atoms with van der Waals surface area (Å²) in [6, 6.07) is 8.92. The number of rotatable bonds is 7. The Balaban J connectivity index is 0.000000284. The van der Waals surface area contributed by atoms with E-state index in [2.05, 4.69) is 0 Å². The van der Waals surface area contributed by atoms with E-state index in [1.165, 1.54) is 6.08 Å². The zero-order valence-electron chi connectivity index (χ0n) is 16.4. The molecule has 2 aromatic rings. The third-order valence-corrected chi connectivity index (χ3v) is 5.81. The summed E-state index contributed by atoms with van der Waals surface area (Å²) in [5, 5.41) is 9.03. The van der Waals surface area contributed by atoms with Crippen LogP contribution < -0.4 is 0 Å². The Bertz CT molecular complexity index is 850. The summed E-state index contributed by atoms with van der Waals surface area (Å²) in [5.41, 5.74) is 0. The lowest BCUT2D eigenvalue weighted by molar-refractivity contribution is -0.137. The van der Waals surface area contributed by atoms with Gasteiger partial charge in [0.05, 0.1) is 4.88 Å². The second-order valence-electron chi connectivity index (χ2n) is 7.03. The molecule has 0 bridgehead atoms. The summed E-state index contributed by atoms with van der Waals surface area (Å²) >= 11 is 1.12. The number of carboxylic acids is 1. The maximum absolute atomic E-state index is 14.2. The molecule has 3 nitrogen and oxygen atoms in total. The minimum Gasteiger partial charge on any atom is -0.481 e. The quantitative estimate of drug-likeness (QED) is 0.399. The first-order valence-corrected chi connectivity index (χ1v) is 10.5. The summed E-state index contributed by atoms with van der Waals surface area (Å²) < 4.78 is 29.2. The van der Waals surface area contributed by atoms with Crippen molar-refractivity contribution in [1.82, 2.24) is 0 Å². The number of fused-ring (bicyclic) bond motifs is 1. The largest absolute Gasteiger partial charge is 0.481 e. The molecule has 1 aromatic carbocycles. The Kier molecular flexibility index (Phi) is 8.70. The molecule has 3 rings (SSSR count). The first kappa shape index (κ1) is 22.9. The van der Waals surface area contributed by atoms with Crippen molar-refractivity contribution >= 4 is 33.2 Å². The SMILES string of the molecule is C/C=C\CCCC(=O)O.O=C1CCC(/C=C/C(F)(F)c2cc3ccccc3s2)C1. The number of carboxylic acid groups (broad SMARTS) is 1. The van der Waals surface area contributed by atoms with Crippen molar-refractivity contribution in [3.63, 3.8) is 0 Å². The number of hydrogen-bond donors (Lipinski definition) is 1. The molecule has 0 spiro atoms. The van der Waals surface area contributed by atoms with Gasteiger partial charge in [-0.05, 0) is 55.7 Å². The van der Waals surface area contributed by atoms with Crippen LogP contribution in [0, 0.1) is 5.92 Å². The second-order valence-corrected chi connectivity index (χ2v) is 8.11. The predicted octanol–water partition coefficient (Wildman–Crippen LogP) is 6.74. The lowest BCUT2D eigenvalue weighted by atomic mass is 10.1. The van der Waals surface area contributed by atoms with Gasteiger partial charge in [-0.2, -0.15) is 8.78 Å². The summed E-state index contributed by atoms with van der Waals surface area (Å²) in [6.45, 7) is 1.93. The Morgan fingerprint density at radius 3 is 2.72 bits per heavy atom. The molecule has 1 N–H and O–H groups in total. The topological polar surface area (TPSA) is 54.4 Å². The zero-order valence-corrected chi connectivity index (χ0v) is 17.3. The third-order valence-electron chi connectivity index (χ3n) is 4.61. The number of carbonyl (C=O) groups excluding carboxylic acids is 1. The number of thiophene rings is 1. The standard InChI is InChI=1S/C16H14F2OS.C7H12O2/c17-16(18,8-7-11-5-6-13(19)9-11)15-10-12-3-1-2-4-14(12)20-15;1-2-3-4-5-6-7(8)9/h1-4,7-8,10-11H,5-6,9H2;2-3H,4-6H2,1H3,(H,8,9)/b8-7+;3-2-. The Morgan fingerprint density at radius 2 is 2.10 bits per heavy atom. The average Bonchev–Trinajstić information content (AvgIpc) is 3.30. The van der Waals surface area contributed by atoms with Crippen molar-refractivity contribution in [2.24, 2.45) is 5.92 Å². The number of Topliss-reactive ketones (excluding diaryl/α,β-unsaturated/α-hetero) is 1. The molecule has 0 amide bonds. The number of allylic oxidation sites excluding steroid dienone is 4. The van der Waals surface area contributed by atoms with Gasteiger partial charge in [0.2, 0.25) is 0 Å². The van der Waals surface area contributed by atoms with Gasteiger partial charge in [-0.3, -0.25) is 9.59 Å². The van der Waals surface area contributed by atoms with Crippen molar-refractivity contribution in [3.8, 4) is 0 Å². The van der Waals surface area contributed by atoms with Gasteiger partial charge in [0.25, 0.3) is 0 Å². The van der Waals surface area contributed by atoms with Crippen LogP contribution in [0.4, 0.5) is 8.78 Å². The molecule has 1 aliphatic carbocycles. The first-order chi connectivity index (χ1) is 13.8. The highest BCUT2D eigenvalue weighted by atomic mass is 32.1. The van der Waals surface area contributed by atoms with E-state index < -0.39 is 11.9 Å². The predicted molar refractivity (Wildman–Crippen MR) is 114 cm³/mol. The molecule has 29 heavy (non-hydrogen) atoms. The van der Waals surface area contributed by atoms with Crippen LogP contribution in [-0.2, 0) is 15.5 Å². The molecule has 1 atom stereocenters. The van der Waals surface area contributed by atoms with Crippen molar-refractivity contribution in [1.29, 1.82) is 0 Å². The van der Waals surface area contributed by atoms with E-state index >= 15 is 0 Å². The third kappa shape index (κ3) is 7.54. The molecule has 1 unspecified atom stereocenters. The normalized spacial score (nSPS) is 17.2. The van der Waals surface area contributed by atoms with Crippen molar-refractivity contribution in [2.75, 3.05) is 0 Å². The smallest absolute Gasteiger partial charge is 0.303 e. The van der Waals surface area contributed by atoms with Gasteiger partial charge in [0.15, 0.2) is 0 Å². The minimum absolute atomic E-state index is 0.0252. The van der Waals surface area contributed by atoms with Crippen LogP contribution in [0.1, 0.15) is 50.3 Å². The number of ketones is 1. The van der Waals surface area contributed by atoms with Gasteiger partial charge in [-0.15, -0.1) is 11.3 Å². The van der Waals surface area contributed by atoms with Crippen LogP contribution in [0.5, 0.6) is 0 Å². The number of hydrogen-bond acceptors (Lipinski definition) is 3. The highest BCUT2D eigenvalue weighted by Crippen LogP contribution is 2.38. The van der Waals surface area contributed by atoms with Gasteiger partial charge in [0, 0.05) is 24.0 Å².